The minimum Gasteiger partial charge on any atom is -0.504 e. The fraction of sp³-hybridized carbons (Fsp3) is 0.321. The van der Waals surface area contributed by atoms with Gasteiger partial charge in [0.1, 0.15) is 12.4 Å². The van der Waals surface area contributed by atoms with E-state index in [0.29, 0.717) is 11.1 Å². The molecule has 9 heteroatoms. The van der Waals surface area contributed by atoms with E-state index in [-0.39, 0.29) is 41.6 Å². The van der Waals surface area contributed by atoms with Crippen molar-refractivity contribution in [2.24, 2.45) is 0 Å². The van der Waals surface area contributed by atoms with Crippen LogP contribution in [0.2, 0.25) is 0 Å². The highest BCUT2D eigenvalue weighted by atomic mass is 19.4. The molecule has 0 saturated carbocycles. The monoisotopic (exact) mass is 518 g/mol. The van der Waals surface area contributed by atoms with Gasteiger partial charge >= 0.3 is 12.3 Å². The Morgan fingerprint density at radius 1 is 0.892 bits per heavy atom. The van der Waals surface area contributed by atoms with Gasteiger partial charge in [0.15, 0.2) is 18.1 Å². The van der Waals surface area contributed by atoms with Crippen molar-refractivity contribution in [1.29, 1.82) is 0 Å². The van der Waals surface area contributed by atoms with Crippen LogP contribution in [-0.4, -0.2) is 30.7 Å². The Bertz CT molecular complexity index is 1200. The number of phenolic OH excluding ortho intramolecular Hbond substituents is 1. The topological polar surface area (TPSA) is 74.2 Å². The van der Waals surface area contributed by atoms with E-state index in [1.54, 1.807) is 13.0 Å². The zero-order chi connectivity index (χ0) is 27.2. The first kappa shape index (κ1) is 27.7. The van der Waals surface area contributed by atoms with Crippen LogP contribution in [0.15, 0.2) is 60.7 Å². The molecule has 0 fully saturated rings. The maximum Gasteiger partial charge on any atom is 0.573 e. The lowest BCUT2D eigenvalue weighted by Crippen LogP contribution is -2.16. The summed E-state index contributed by atoms with van der Waals surface area (Å²) in [6, 6.07) is 16.0. The van der Waals surface area contributed by atoms with E-state index in [0.717, 1.165) is 11.1 Å². The van der Waals surface area contributed by atoms with Crippen LogP contribution in [0, 0.1) is 0 Å². The lowest BCUT2D eigenvalue weighted by molar-refractivity contribution is -0.274. The maximum absolute atomic E-state index is 12.5. The van der Waals surface area contributed by atoms with Crippen molar-refractivity contribution in [1.82, 2.24) is 0 Å². The third kappa shape index (κ3) is 8.06. The van der Waals surface area contributed by atoms with E-state index >= 15 is 0 Å². The van der Waals surface area contributed by atoms with Crippen molar-refractivity contribution in [3.63, 3.8) is 0 Å². The summed E-state index contributed by atoms with van der Waals surface area (Å²) in [5, 5.41) is 10.7. The van der Waals surface area contributed by atoms with Crippen molar-refractivity contribution < 1.29 is 42.0 Å². The molecule has 0 aliphatic carbocycles. The smallest absolute Gasteiger partial charge is 0.504 e. The lowest BCUT2D eigenvalue weighted by atomic mass is 9.87. The van der Waals surface area contributed by atoms with E-state index in [9.17, 15) is 23.1 Å². The third-order valence-corrected chi connectivity index (χ3v) is 5.31. The summed E-state index contributed by atoms with van der Waals surface area (Å²) in [6.07, 6.45) is -4.80. The zero-order valence-corrected chi connectivity index (χ0v) is 21.0. The average Bonchev–Trinajstić information content (AvgIpc) is 2.81. The first-order chi connectivity index (χ1) is 17.4. The van der Waals surface area contributed by atoms with Crippen LogP contribution in [0.25, 0.3) is 11.1 Å². The molecule has 6 nitrogen and oxygen atoms in total. The first-order valence-electron chi connectivity index (χ1n) is 11.6. The predicted molar refractivity (Wildman–Crippen MR) is 132 cm³/mol. The van der Waals surface area contributed by atoms with Gasteiger partial charge < -0.3 is 24.1 Å². The summed E-state index contributed by atoms with van der Waals surface area (Å²) in [7, 11) is 0. The highest BCUT2D eigenvalue weighted by Gasteiger charge is 2.31. The van der Waals surface area contributed by atoms with Crippen molar-refractivity contribution in [2.75, 3.05) is 13.2 Å². The molecule has 0 atom stereocenters. The molecule has 3 aromatic carbocycles. The summed E-state index contributed by atoms with van der Waals surface area (Å²) in [5.41, 5.74) is 2.97. The number of carbonyl (C=O) groups is 1. The number of esters is 1. The largest absolute Gasteiger partial charge is 0.573 e. The van der Waals surface area contributed by atoms with Gasteiger partial charge in [-0.3, -0.25) is 0 Å². The average molecular weight is 519 g/mol. The minimum absolute atomic E-state index is 0.00565. The molecular formula is C28H29F3O6. The molecule has 37 heavy (non-hydrogen) atoms. The van der Waals surface area contributed by atoms with Crippen LogP contribution in [0.1, 0.15) is 38.8 Å². The van der Waals surface area contributed by atoms with Gasteiger partial charge in [0.05, 0.1) is 6.61 Å². The van der Waals surface area contributed by atoms with Crippen LogP contribution in [0.4, 0.5) is 13.2 Å². The normalized spacial score (nSPS) is 11.6. The molecule has 0 bridgehead atoms. The number of ether oxygens (including phenoxy) is 4. The molecule has 0 amide bonds. The molecule has 3 aromatic rings. The van der Waals surface area contributed by atoms with E-state index in [1.165, 1.54) is 30.3 Å². The highest BCUT2D eigenvalue weighted by molar-refractivity contribution is 5.73. The number of rotatable bonds is 9. The van der Waals surface area contributed by atoms with Crippen LogP contribution in [-0.2, 0) is 21.6 Å². The molecule has 0 saturated heterocycles. The molecular weight excluding hydrogens is 489 g/mol. The van der Waals surface area contributed by atoms with Gasteiger partial charge in [-0.15, -0.1) is 13.2 Å². The van der Waals surface area contributed by atoms with Crippen LogP contribution < -0.4 is 14.2 Å². The Hall–Kier alpha value is -3.88. The van der Waals surface area contributed by atoms with Crippen molar-refractivity contribution in [3.05, 3.63) is 71.8 Å². The van der Waals surface area contributed by atoms with Crippen molar-refractivity contribution >= 4 is 5.97 Å². The molecule has 0 radical (unpaired) electrons. The highest BCUT2D eigenvalue weighted by Crippen LogP contribution is 2.42. The predicted octanol–water partition coefficient (Wildman–Crippen LogP) is 6.78. The number of alkyl halides is 3. The molecule has 0 spiro atoms. The van der Waals surface area contributed by atoms with Gasteiger partial charge in [-0.1, -0.05) is 57.2 Å². The van der Waals surface area contributed by atoms with E-state index in [2.05, 4.69) is 25.5 Å². The third-order valence-electron chi connectivity index (χ3n) is 5.31. The van der Waals surface area contributed by atoms with E-state index in [4.69, 9.17) is 14.2 Å². The molecule has 0 aliphatic heterocycles. The second-order valence-corrected chi connectivity index (χ2v) is 9.22. The summed E-state index contributed by atoms with van der Waals surface area (Å²) >= 11 is 0. The Morgan fingerprint density at radius 3 is 2.11 bits per heavy atom. The van der Waals surface area contributed by atoms with Gasteiger partial charge in [-0.05, 0) is 58.9 Å². The van der Waals surface area contributed by atoms with Gasteiger partial charge in [-0.2, -0.15) is 0 Å². The molecule has 0 unspecified atom stereocenters. The standard InChI is InChI=1S/C28H29F3O6/c1-5-34-25(33)17-36-26-23(32)14-20(19-8-12-22(13-9-19)37-28(29,30)31)15-24(26)35-16-18-6-10-21(11-7-18)27(2,3)4/h6-15,32H,5,16-17H2,1-4H3. The number of hydrogen-bond acceptors (Lipinski definition) is 6. The van der Waals surface area contributed by atoms with E-state index in [1.807, 2.05) is 24.3 Å². The Labute approximate surface area is 213 Å². The number of benzene rings is 3. The number of hydrogen-bond donors (Lipinski definition) is 1. The molecule has 0 aliphatic rings. The van der Waals surface area contributed by atoms with Crippen LogP contribution >= 0.6 is 0 Å². The fourth-order valence-corrected chi connectivity index (χ4v) is 3.45. The van der Waals surface area contributed by atoms with Gasteiger partial charge in [-0.25, -0.2) is 4.79 Å². The Kier molecular flexibility index (Phi) is 8.57. The second-order valence-electron chi connectivity index (χ2n) is 9.22. The molecule has 198 valence electrons. The van der Waals surface area contributed by atoms with Gasteiger partial charge in [0.2, 0.25) is 5.75 Å². The summed E-state index contributed by atoms with van der Waals surface area (Å²) in [6.45, 7) is 7.87. The molecule has 0 aromatic heterocycles. The minimum atomic E-state index is -4.80. The Morgan fingerprint density at radius 2 is 1.54 bits per heavy atom. The first-order valence-corrected chi connectivity index (χ1v) is 11.6. The summed E-state index contributed by atoms with van der Waals surface area (Å²) in [5.74, 6) is -1.20. The van der Waals surface area contributed by atoms with E-state index < -0.39 is 18.9 Å². The maximum atomic E-state index is 12.5. The van der Waals surface area contributed by atoms with Gasteiger partial charge in [0, 0.05) is 0 Å². The zero-order valence-electron chi connectivity index (χ0n) is 21.0. The molecule has 3 rings (SSSR count). The van der Waals surface area contributed by atoms with Crippen LogP contribution in [0.3, 0.4) is 0 Å². The molecule has 0 heterocycles. The number of halogens is 3. The van der Waals surface area contributed by atoms with Crippen molar-refractivity contribution in [3.8, 4) is 34.1 Å². The quantitative estimate of drug-likeness (QED) is 0.315. The SMILES string of the molecule is CCOC(=O)COc1c(O)cc(-c2ccc(OC(F)(F)F)cc2)cc1OCc1ccc(C(C)(C)C)cc1. The number of aromatic hydroxyl groups is 1. The van der Waals surface area contributed by atoms with Crippen LogP contribution in [0.5, 0.6) is 23.0 Å². The van der Waals surface area contributed by atoms with Crippen molar-refractivity contribution in [2.45, 2.75) is 46.1 Å². The summed E-state index contributed by atoms with van der Waals surface area (Å²) in [4.78, 5) is 11.8. The Balaban J connectivity index is 1.88. The molecule has 1 N–H and O–H groups in total. The number of carbonyl (C=O) groups excluding carboxylic acids is 1. The summed E-state index contributed by atoms with van der Waals surface area (Å²) < 4.78 is 57.7. The fourth-order valence-electron chi connectivity index (χ4n) is 3.45. The van der Waals surface area contributed by atoms with Gasteiger partial charge in [0.25, 0.3) is 0 Å². The number of phenols is 1. The lowest BCUT2D eigenvalue weighted by Gasteiger charge is -2.19. The second kappa shape index (κ2) is 11.5.